The van der Waals surface area contributed by atoms with E-state index in [9.17, 15) is 4.79 Å². The lowest BCUT2D eigenvalue weighted by Gasteiger charge is -2.30. The van der Waals surface area contributed by atoms with E-state index in [1.54, 1.807) is 11.1 Å². The third-order valence-electron chi connectivity index (χ3n) is 3.82. The van der Waals surface area contributed by atoms with Crippen molar-refractivity contribution in [3.63, 3.8) is 0 Å². The Kier molecular flexibility index (Phi) is 5.39. The molecule has 1 aromatic heterocycles. The maximum Gasteiger partial charge on any atom is 0.416 e. The number of pyridine rings is 1. The SMILES string of the molecule is CCC(C)N(C(=O)OC(C)(C)C)c1ccc(C2=NCCC2)cn1. The summed E-state index contributed by atoms with van der Waals surface area (Å²) in [6.45, 7) is 10.6. The molecule has 0 spiro atoms. The lowest BCUT2D eigenvalue weighted by atomic mass is 10.1. The largest absolute Gasteiger partial charge is 0.443 e. The zero-order valence-electron chi connectivity index (χ0n) is 14.8. The number of carbonyl (C=O) groups is 1. The normalized spacial score (nSPS) is 16.0. The van der Waals surface area contributed by atoms with Crippen LogP contribution in [0.2, 0.25) is 0 Å². The van der Waals surface area contributed by atoms with E-state index in [1.165, 1.54) is 0 Å². The van der Waals surface area contributed by atoms with Gasteiger partial charge in [0.05, 0.1) is 0 Å². The van der Waals surface area contributed by atoms with E-state index in [0.29, 0.717) is 5.82 Å². The standard InChI is InChI=1S/C18H27N3O2/c1-6-13(2)21(17(22)23-18(3,4)5)16-10-9-14(12-20-16)15-8-7-11-19-15/h9-10,12-13H,6-8,11H2,1-5H3. The van der Waals surface area contributed by atoms with Crippen LogP contribution in [0.4, 0.5) is 10.6 Å². The summed E-state index contributed by atoms with van der Waals surface area (Å²) in [7, 11) is 0. The van der Waals surface area contributed by atoms with Crippen molar-refractivity contribution < 1.29 is 9.53 Å². The maximum absolute atomic E-state index is 12.5. The van der Waals surface area contributed by atoms with Gasteiger partial charge < -0.3 is 4.74 Å². The number of carbonyl (C=O) groups excluding carboxylic acids is 1. The molecule has 0 radical (unpaired) electrons. The molecular weight excluding hydrogens is 290 g/mol. The van der Waals surface area contributed by atoms with E-state index in [1.807, 2.05) is 46.8 Å². The van der Waals surface area contributed by atoms with Gasteiger partial charge in [-0.25, -0.2) is 9.78 Å². The molecule has 23 heavy (non-hydrogen) atoms. The molecule has 1 unspecified atom stereocenters. The predicted molar refractivity (Wildman–Crippen MR) is 93.3 cm³/mol. The summed E-state index contributed by atoms with van der Waals surface area (Å²) in [6, 6.07) is 3.89. The molecule has 2 heterocycles. The lowest BCUT2D eigenvalue weighted by molar-refractivity contribution is 0.0566. The highest BCUT2D eigenvalue weighted by Gasteiger charge is 2.27. The second kappa shape index (κ2) is 7.11. The highest BCUT2D eigenvalue weighted by Crippen LogP contribution is 2.21. The van der Waals surface area contributed by atoms with Crippen LogP contribution in [0.3, 0.4) is 0 Å². The fourth-order valence-corrected chi connectivity index (χ4v) is 2.47. The Balaban J connectivity index is 2.23. The van der Waals surface area contributed by atoms with Crippen LogP contribution in [0.5, 0.6) is 0 Å². The summed E-state index contributed by atoms with van der Waals surface area (Å²) in [4.78, 5) is 23.1. The van der Waals surface area contributed by atoms with Crippen LogP contribution in [-0.4, -0.2) is 35.0 Å². The van der Waals surface area contributed by atoms with Crippen LogP contribution in [0.15, 0.2) is 23.3 Å². The van der Waals surface area contributed by atoms with Gasteiger partial charge in [0.25, 0.3) is 0 Å². The van der Waals surface area contributed by atoms with Crippen molar-refractivity contribution in [1.82, 2.24) is 4.98 Å². The van der Waals surface area contributed by atoms with Crippen LogP contribution in [0.25, 0.3) is 0 Å². The fraction of sp³-hybridized carbons (Fsp3) is 0.611. The van der Waals surface area contributed by atoms with Crippen molar-refractivity contribution in [3.8, 4) is 0 Å². The first kappa shape index (κ1) is 17.4. The van der Waals surface area contributed by atoms with Gasteiger partial charge in [-0.05, 0) is 59.1 Å². The Morgan fingerprint density at radius 3 is 2.61 bits per heavy atom. The molecule has 1 aliphatic rings. The number of ether oxygens (including phenoxy) is 1. The van der Waals surface area contributed by atoms with Gasteiger partial charge in [-0.1, -0.05) is 6.92 Å². The van der Waals surface area contributed by atoms with E-state index >= 15 is 0 Å². The fourth-order valence-electron chi connectivity index (χ4n) is 2.47. The molecule has 0 aliphatic carbocycles. The molecule has 0 saturated carbocycles. The second-order valence-electron chi connectivity index (χ2n) is 6.94. The number of aliphatic imine (C=N–C) groups is 1. The summed E-state index contributed by atoms with van der Waals surface area (Å²) in [5, 5.41) is 0. The monoisotopic (exact) mass is 317 g/mol. The Morgan fingerprint density at radius 1 is 1.39 bits per heavy atom. The average molecular weight is 317 g/mol. The third-order valence-corrected chi connectivity index (χ3v) is 3.82. The Labute approximate surface area is 138 Å². The molecule has 2 rings (SSSR count). The van der Waals surface area contributed by atoms with Gasteiger partial charge in [0.2, 0.25) is 0 Å². The molecule has 5 heteroatoms. The summed E-state index contributed by atoms with van der Waals surface area (Å²) >= 11 is 0. The minimum Gasteiger partial charge on any atom is -0.443 e. The van der Waals surface area contributed by atoms with E-state index in [4.69, 9.17) is 4.74 Å². The van der Waals surface area contributed by atoms with Crippen LogP contribution < -0.4 is 4.90 Å². The van der Waals surface area contributed by atoms with Gasteiger partial charge in [0, 0.05) is 30.1 Å². The summed E-state index contributed by atoms with van der Waals surface area (Å²) < 4.78 is 5.53. The smallest absolute Gasteiger partial charge is 0.416 e. The quantitative estimate of drug-likeness (QED) is 0.836. The van der Waals surface area contributed by atoms with Gasteiger partial charge in [-0.3, -0.25) is 9.89 Å². The molecule has 0 fully saturated rings. The maximum atomic E-state index is 12.5. The summed E-state index contributed by atoms with van der Waals surface area (Å²) in [5.74, 6) is 0.621. The molecule has 1 aliphatic heterocycles. The highest BCUT2D eigenvalue weighted by molar-refractivity contribution is 6.01. The van der Waals surface area contributed by atoms with Crippen molar-refractivity contribution in [2.75, 3.05) is 11.4 Å². The number of nitrogens with zero attached hydrogens (tertiary/aromatic N) is 3. The lowest BCUT2D eigenvalue weighted by Crippen LogP contribution is -2.42. The van der Waals surface area contributed by atoms with Crippen molar-refractivity contribution in [2.45, 2.75) is 65.5 Å². The van der Waals surface area contributed by atoms with E-state index in [0.717, 1.165) is 37.1 Å². The van der Waals surface area contributed by atoms with Gasteiger partial charge in [0.15, 0.2) is 0 Å². The summed E-state index contributed by atoms with van der Waals surface area (Å²) in [6.07, 6.45) is 4.38. The van der Waals surface area contributed by atoms with Crippen LogP contribution in [0, 0.1) is 0 Å². The molecule has 1 aromatic rings. The van der Waals surface area contributed by atoms with Crippen LogP contribution in [0.1, 0.15) is 59.4 Å². The van der Waals surface area contributed by atoms with Crippen LogP contribution in [-0.2, 0) is 4.74 Å². The first-order valence-corrected chi connectivity index (χ1v) is 8.34. The van der Waals surface area contributed by atoms with Gasteiger partial charge in [-0.15, -0.1) is 0 Å². The Hall–Kier alpha value is -1.91. The zero-order valence-corrected chi connectivity index (χ0v) is 14.8. The highest BCUT2D eigenvalue weighted by atomic mass is 16.6. The Bertz CT molecular complexity index is 573. The van der Waals surface area contributed by atoms with Gasteiger partial charge >= 0.3 is 6.09 Å². The number of amides is 1. The topological polar surface area (TPSA) is 54.8 Å². The number of hydrogen-bond acceptors (Lipinski definition) is 4. The minimum absolute atomic E-state index is 0.0204. The molecule has 5 nitrogen and oxygen atoms in total. The predicted octanol–water partition coefficient (Wildman–Crippen LogP) is 4.20. The molecule has 0 aromatic carbocycles. The molecular formula is C18H27N3O2. The second-order valence-corrected chi connectivity index (χ2v) is 6.94. The number of aromatic nitrogens is 1. The molecule has 0 bridgehead atoms. The molecule has 126 valence electrons. The molecule has 0 N–H and O–H groups in total. The third kappa shape index (κ3) is 4.53. The first-order chi connectivity index (χ1) is 10.8. The molecule has 1 amide bonds. The number of hydrogen-bond donors (Lipinski definition) is 0. The molecule has 1 atom stereocenters. The average Bonchev–Trinajstić information content (AvgIpc) is 3.00. The minimum atomic E-state index is -0.526. The number of rotatable bonds is 4. The zero-order chi connectivity index (χ0) is 17.0. The summed E-state index contributed by atoms with van der Waals surface area (Å²) in [5.41, 5.74) is 1.62. The van der Waals surface area contributed by atoms with Gasteiger partial charge in [0.1, 0.15) is 11.4 Å². The van der Waals surface area contributed by atoms with E-state index in [2.05, 4.69) is 9.98 Å². The van der Waals surface area contributed by atoms with Crippen molar-refractivity contribution >= 4 is 17.6 Å². The van der Waals surface area contributed by atoms with E-state index in [-0.39, 0.29) is 12.1 Å². The molecule has 0 saturated heterocycles. The van der Waals surface area contributed by atoms with Crippen molar-refractivity contribution in [1.29, 1.82) is 0 Å². The Morgan fingerprint density at radius 2 is 2.13 bits per heavy atom. The first-order valence-electron chi connectivity index (χ1n) is 8.34. The van der Waals surface area contributed by atoms with Crippen LogP contribution >= 0.6 is 0 Å². The van der Waals surface area contributed by atoms with Gasteiger partial charge in [-0.2, -0.15) is 0 Å². The van der Waals surface area contributed by atoms with E-state index < -0.39 is 5.60 Å². The van der Waals surface area contributed by atoms with Crippen molar-refractivity contribution in [3.05, 3.63) is 23.9 Å². The number of anilines is 1. The van der Waals surface area contributed by atoms with Crippen molar-refractivity contribution in [2.24, 2.45) is 4.99 Å².